The van der Waals surface area contributed by atoms with Crippen molar-refractivity contribution < 1.29 is 14.3 Å². The second-order valence-corrected chi connectivity index (χ2v) is 6.95. The van der Waals surface area contributed by atoms with Crippen LogP contribution in [0.4, 0.5) is 5.69 Å². The molecule has 0 unspecified atom stereocenters. The van der Waals surface area contributed by atoms with Gasteiger partial charge in [-0.1, -0.05) is 29.8 Å². The Balaban J connectivity index is 1.88. The number of nitrogens with one attached hydrogen (secondary N) is 1. The fourth-order valence-corrected chi connectivity index (χ4v) is 3.59. The largest absolute Gasteiger partial charge is 0.490 e. The molecule has 5 nitrogen and oxygen atoms in total. The quantitative estimate of drug-likeness (QED) is 0.688. The Hall–Kier alpha value is -2.44. The molecule has 1 aliphatic heterocycles. The second-order valence-electron chi connectivity index (χ2n) is 5.51. The molecule has 140 valence electrons. The Bertz CT molecular complexity index is 898. The number of hydrogen-bond donors (Lipinski definition) is 1. The molecule has 2 aromatic rings. The van der Waals surface area contributed by atoms with E-state index in [-0.39, 0.29) is 5.91 Å². The molecule has 0 bridgehead atoms. The summed E-state index contributed by atoms with van der Waals surface area (Å²) in [5, 5.41) is 3.76. The van der Waals surface area contributed by atoms with Crippen LogP contribution in [0, 0.1) is 0 Å². The highest BCUT2D eigenvalue weighted by molar-refractivity contribution is 8.18. The lowest BCUT2D eigenvalue weighted by Crippen LogP contribution is -2.19. The fraction of sp³-hybridized carbons (Fsp3) is 0.200. The molecule has 0 atom stereocenters. The van der Waals surface area contributed by atoms with Gasteiger partial charge in [-0.05, 0) is 61.5 Å². The van der Waals surface area contributed by atoms with Crippen LogP contribution in [-0.4, -0.2) is 24.3 Å². The zero-order valence-corrected chi connectivity index (χ0v) is 16.6. The van der Waals surface area contributed by atoms with E-state index in [0.717, 1.165) is 11.3 Å². The molecule has 0 saturated carbocycles. The average molecular weight is 403 g/mol. The SMILES string of the molecule is CCOc1cc(/C=C2\SC(=Nc3ccccc3)NC2=O)cc(Cl)c1OCC. The van der Waals surface area contributed by atoms with Crippen LogP contribution in [0.5, 0.6) is 11.5 Å². The lowest BCUT2D eigenvalue weighted by molar-refractivity contribution is -0.115. The first-order valence-corrected chi connectivity index (χ1v) is 9.74. The first kappa shape index (κ1) is 19.3. The lowest BCUT2D eigenvalue weighted by Gasteiger charge is -2.13. The standard InChI is InChI=1S/C20H19ClN2O3S/c1-3-25-16-11-13(10-15(21)18(16)26-4-2)12-17-19(24)23-20(27-17)22-14-8-6-5-7-9-14/h5-12H,3-4H2,1-2H3,(H,22,23,24)/b17-12-. The topological polar surface area (TPSA) is 59.9 Å². The van der Waals surface area contributed by atoms with Gasteiger partial charge in [0.2, 0.25) is 0 Å². The number of carbonyl (C=O) groups is 1. The number of amides is 1. The minimum atomic E-state index is -0.197. The highest BCUT2D eigenvalue weighted by Gasteiger charge is 2.24. The number of amidine groups is 1. The van der Waals surface area contributed by atoms with Crippen molar-refractivity contribution >= 4 is 46.2 Å². The van der Waals surface area contributed by atoms with Gasteiger partial charge >= 0.3 is 0 Å². The Morgan fingerprint density at radius 1 is 1.15 bits per heavy atom. The molecule has 1 N–H and O–H groups in total. The third-order valence-electron chi connectivity index (χ3n) is 3.56. The number of benzene rings is 2. The van der Waals surface area contributed by atoms with Gasteiger partial charge in [0.25, 0.3) is 5.91 Å². The molecule has 1 aliphatic rings. The first-order valence-electron chi connectivity index (χ1n) is 8.54. The van der Waals surface area contributed by atoms with Crippen molar-refractivity contribution in [3.8, 4) is 11.5 Å². The lowest BCUT2D eigenvalue weighted by atomic mass is 10.2. The third-order valence-corrected chi connectivity index (χ3v) is 4.75. The van der Waals surface area contributed by atoms with Gasteiger partial charge in [0, 0.05) is 0 Å². The molecule has 3 rings (SSSR count). The van der Waals surface area contributed by atoms with E-state index in [0.29, 0.717) is 39.8 Å². The van der Waals surface area contributed by atoms with E-state index in [2.05, 4.69) is 10.3 Å². The molecule has 0 aromatic heterocycles. The van der Waals surface area contributed by atoms with Gasteiger partial charge in [0.1, 0.15) is 0 Å². The molecule has 0 radical (unpaired) electrons. The number of aliphatic imine (C=N–C) groups is 1. The van der Waals surface area contributed by atoms with Crippen LogP contribution in [0.15, 0.2) is 52.4 Å². The first-order chi connectivity index (χ1) is 13.1. The van der Waals surface area contributed by atoms with Crippen LogP contribution >= 0.6 is 23.4 Å². The summed E-state index contributed by atoms with van der Waals surface area (Å²) in [6.07, 6.45) is 1.76. The fourth-order valence-electron chi connectivity index (χ4n) is 2.47. The Labute approximate surface area is 167 Å². The molecular formula is C20H19ClN2O3S. The Kier molecular flexibility index (Phi) is 6.42. The maximum atomic E-state index is 12.3. The smallest absolute Gasteiger partial charge is 0.264 e. The van der Waals surface area contributed by atoms with Crippen LogP contribution < -0.4 is 14.8 Å². The van der Waals surface area contributed by atoms with Crippen LogP contribution in [0.25, 0.3) is 6.08 Å². The zero-order valence-electron chi connectivity index (χ0n) is 15.0. The summed E-state index contributed by atoms with van der Waals surface area (Å²) in [7, 11) is 0. The summed E-state index contributed by atoms with van der Waals surface area (Å²) in [5.41, 5.74) is 1.54. The summed E-state index contributed by atoms with van der Waals surface area (Å²) >= 11 is 7.62. The number of carbonyl (C=O) groups excluding carboxylic acids is 1. The minimum absolute atomic E-state index is 0.197. The number of ether oxygens (including phenoxy) is 2. The molecular weight excluding hydrogens is 384 g/mol. The van der Waals surface area contributed by atoms with Crippen molar-refractivity contribution in [2.45, 2.75) is 13.8 Å². The maximum Gasteiger partial charge on any atom is 0.264 e. The van der Waals surface area contributed by atoms with Gasteiger partial charge in [-0.2, -0.15) is 0 Å². The Morgan fingerprint density at radius 3 is 2.59 bits per heavy atom. The molecule has 1 saturated heterocycles. The van der Waals surface area contributed by atoms with E-state index in [1.165, 1.54) is 11.8 Å². The van der Waals surface area contributed by atoms with Crippen molar-refractivity contribution in [1.82, 2.24) is 5.32 Å². The van der Waals surface area contributed by atoms with Crippen molar-refractivity contribution in [2.24, 2.45) is 4.99 Å². The predicted octanol–water partition coefficient (Wildman–Crippen LogP) is 5.03. The molecule has 0 aliphatic carbocycles. The summed E-state index contributed by atoms with van der Waals surface area (Å²) < 4.78 is 11.2. The monoisotopic (exact) mass is 402 g/mol. The number of rotatable bonds is 6. The molecule has 7 heteroatoms. The van der Waals surface area contributed by atoms with Crippen LogP contribution in [-0.2, 0) is 4.79 Å². The molecule has 1 heterocycles. The summed E-state index contributed by atoms with van der Waals surface area (Å²) in [6.45, 7) is 4.74. The predicted molar refractivity (Wildman–Crippen MR) is 111 cm³/mol. The number of halogens is 1. The molecule has 2 aromatic carbocycles. The van der Waals surface area contributed by atoms with Gasteiger partial charge in [-0.3, -0.25) is 4.79 Å². The number of nitrogens with zero attached hydrogens (tertiary/aromatic N) is 1. The van der Waals surface area contributed by atoms with Gasteiger partial charge in [-0.25, -0.2) is 4.99 Å². The van der Waals surface area contributed by atoms with Crippen LogP contribution in [0.1, 0.15) is 19.4 Å². The van der Waals surface area contributed by atoms with Gasteiger partial charge < -0.3 is 14.8 Å². The average Bonchev–Trinajstić information content (AvgIpc) is 2.98. The normalized spacial score (nSPS) is 16.6. The summed E-state index contributed by atoms with van der Waals surface area (Å²) in [4.78, 5) is 17.2. The summed E-state index contributed by atoms with van der Waals surface area (Å²) in [6, 6.07) is 13.0. The highest BCUT2D eigenvalue weighted by Crippen LogP contribution is 2.38. The van der Waals surface area contributed by atoms with Gasteiger partial charge in [0.15, 0.2) is 16.7 Å². The molecule has 1 amide bonds. The minimum Gasteiger partial charge on any atom is -0.490 e. The van der Waals surface area contributed by atoms with Gasteiger partial charge in [-0.15, -0.1) is 0 Å². The number of para-hydroxylation sites is 1. The number of hydrogen-bond acceptors (Lipinski definition) is 5. The molecule has 1 fully saturated rings. The third kappa shape index (κ3) is 4.84. The highest BCUT2D eigenvalue weighted by atomic mass is 35.5. The van der Waals surface area contributed by atoms with E-state index in [4.69, 9.17) is 21.1 Å². The molecule has 0 spiro atoms. The van der Waals surface area contributed by atoms with Crippen molar-refractivity contribution in [1.29, 1.82) is 0 Å². The molecule has 27 heavy (non-hydrogen) atoms. The van der Waals surface area contributed by atoms with E-state index >= 15 is 0 Å². The van der Waals surface area contributed by atoms with E-state index in [1.54, 1.807) is 12.1 Å². The van der Waals surface area contributed by atoms with E-state index < -0.39 is 0 Å². The van der Waals surface area contributed by atoms with Crippen molar-refractivity contribution in [3.05, 3.63) is 58.0 Å². The van der Waals surface area contributed by atoms with E-state index in [9.17, 15) is 4.79 Å². The van der Waals surface area contributed by atoms with Gasteiger partial charge in [0.05, 0.1) is 28.8 Å². The van der Waals surface area contributed by atoms with E-state index in [1.807, 2.05) is 50.2 Å². The summed E-state index contributed by atoms with van der Waals surface area (Å²) in [5.74, 6) is 0.871. The van der Waals surface area contributed by atoms with Crippen molar-refractivity contribution in [3.63, 3.8) is 0 Å². The number of thioether (sulfide) groups is 1. The maximum absolute atomic E-state index is 12.3. The Morgan fingerprint density at radius 2 is 1.89 bits per heavy atom. The van der Waals surface area contributed by atoms with Crippen LogP contribution in [0.3, 0.4) is 0 Å². The zero-order chi connectivity index (χ0) is 19.2. The second kappa shape index (κ2) is 8.97. The van der Waals surface area contributed by atoms with Crippen LogP contribution in [0.2, 0.25) is 5.02 Å². The van der Waals surface area contributed by atoms with Crippen molar-refractivity contribution in [2.75, 3.05) is 13.2 Å².